The first kappa shape index (κ1) is 11.4. The Balaban J connectivity index is 2.15. The zero-order valence-electron chi connectivity index (χ0n) is 9.51. The fourth-order valence-electron chi connectivity index (χ4n) is 1.97. The van der Waals surface area contributed by atoms with Crippen molar-refractivity contribution in [3.8, 4) is 5.75 Å². The summed E-state index contributed by atoms with van der Waals surface area (Å²) in [5, 5.41) is 11.7. The van der Waals surface area contributed by atoms with E-state index in [1.54, 1.807) is 24.1 Å². The summed E-state index contributed by atoms with van der Waals surface area (Å²) in [6, 6.07) is 6.38. The average molecular weight is 234 g/mol. The van der Waals surface area contributed by atoms with Gasteiger partial charge in [-0.1, -0.05) is 0 Å². The lowest BCUT2D eigenvalue weighted by Gasteiger charge is -2.16. The summed E-state index contributed by atoms with van der Waals surface area (Å²) in [4.78, 5) is 24.8. The molecular weight excluding hydrogens is 220 g/mol. The highest BCUT2D eigenvalue weighted by Crippen LogP contribution is 2.26. The minimum absolute atomic E-state index is 0.0655. The van der Waals surface area contributed by atoms with E-state index in [-0.39, 0.29) is 29.9 Å². The Morgan fingerprint density at radius 1 is 1.41 bits per heavy atom. The van der Waals surface area contributed by atoms with E-state index in [0.29, 0.717) is 12.2 Å². The van der Waals surface area contributed by atoms with Crippen LogP contribution in [-0.4, -0.2) is 30.5 Å². The summed E-state index contributed by atoms with van der Waals surface area (Å²) in [6.07, 6.45) is 0.237. The van der Waals surface area contributed by atoms with Gasteiger partial charge in [-0.05, 0) is 24.3 Å². The van der Waals surface area contributed by atoms with Crippen LogP contribution in [0.25, 0.3) is 0 Å². The molecule has 1 heterocycles. The van der Waals surface area contributed by atoms with Gasteiger partial charge >= 0.3 is 0 Å². The number of anilines is 1. The van der Waals surface area contributed by atoms with Gasteiger partial charge < -0.3 is 15.3 Å². The second-order valence-corrected chi connectivity index (χ2v) is 4.04. The van der Waals surface area contributed by atoms with E-state index in [1.165, 1.54) is 12.1 Å². The molecule has 1 aliphatic heterocycles. The van der Waals surface area contributed by atoms with E-state index in [2.05, 4.69) is 5.32 Å². The van der Waals surface area contributed by atoms with Gasteiger partial charge in [0, 0.05) is 25.7 Å². The molecule has 0 aliphatic carbocycles. The van der Waals surface area contributed by atoms with Crippen molar-refractivity contribution in [1.82, 2.24) is 5.32 Å². The first-order valence-electron chi connectivity index (χ1n) is 5.43. The summed E-state index contributed by atoms with van der Waals surface area (Å²) in [7, 11) is 1.57. The number of carbonyl (C=O) groups excluding carboxylic acids is 2. The molecule has 1 saturated heterocycles. The minimum Gasteiger partial charge on any atom is -0.508 e. The smallest absolute Gasteiger partial charge is 0.227 e. The van der Waals surface area contributed by atoms with E-state index in [9.17, 15) is 14.7 Å². The monoisotopic (exact) mass is 234 g/mol. The summed E-state index contributed by atoms with van der Waals surface area (Å²) in [5.41, 5.74) is 0.708. The van der Waals surface area contributed by atoms with Crippen molar-refractivity contribution in [1.29, 1.82) is 0 Å². The molecule has 5 heteroatoms. The van der Waals surface area contributed by atoms with Gasteiger partial charge in [-0.25, -0.2) is 0 Å². The fourth-order valence-corrected chi connectivity index (χ4v) is 1.97. The largest absolute Gasteiger partial charge is 0.508 e. The van der Waals surface area contributed by atoms with Crippen molar-refractivity contribution in [2.75, 3.05) is 18.5 Å². The van der Waals surface area contributed by atoms with Crippen LogP contribution < -0.4 is 10.2 Å². The predicted molar refractivity (Wildman–Crippen MR) is 62.6 cm³/mol. The molecule has 0 saturated carbocycles. The summed E-state index contributed by atoms with van der Waals surface area (Å²) in [6.45, 7) is 0.392. The molecule has 2 amide bonds. The third-order valence-corrected chi connectivity index (χ3v) is 2.90. The Morgan fingerprint density at radius 2 is 2.06 bits per heavy atom. The highest BCUT2D eigenvalue weighted by atomic mass is 16.3. The van der Waals surface area contributed by atoms with Gasteiger partial charge in [0.2, 0.25) is 11.8 Å². The third-order valence-electron chi connectivity index (χ3n) is 2.90. The average Bonchev–Trinajstić information content (AvgIpc) is 2.71. The number of aromatic hydroxyl groups is 1. The van der Waals surface area contributed by atoms with Crippen molar-refractivity contribution in [2.45, 2.75) is 6.42 Å². The lowest BCUT2D eigenvalue weighted by molar-refractivity contribution is -0.125. The third kappa shape index (κ3) is 2.22. The standard InChI is InChI=1S/C12H14N2O3/c1-13-12(17)8-6-11(16)14(7-8)9-2-4-10(15)5-3-9/h2-5,8,15H,6-7H2,1H3,(H,13,17)/t8-/m1/s1. The van der Waals surface area contributed by atoms with Gasteiger partial charge in [0.1, 0.15) is 5.75 Å². The van der Waals surface area contributed by atoms with E-state index in [1.807, 2.05) is 0 Å². The highest BCUT2D eigenvalue weighted by Gasteiger charge is 2.34. The molecule has 0 unspecified atom stereocenters. The molecule has 0 aromatic heterocycles. The summed E-state index contributed by atoms with van der Waals surface area (Å²) >= 11 is 0. The Hall–Kier alpha value is -2.04. The molecule has 2 N–H and O–H groups in total. The second kappa shape index (κ2) is 4.45. The fraction of sp³-hybridized carbons (Fsp3) is 0.333. The maximum absolute atomic E-state index is 11.8. The normalized spacial score (nSPS) is 19.5. The lowest BCUT2D eigenvalue weighted by atomic mass is 10.1. The molecule has 1 aliphatic rings. The van der Waals surface area contributed by atoms with Crippen LogP contribution in [0.15, 0.2) is 24.3 Å². The maximum Gasteiger partial charge on any atom is 0.227 e. The van der Waals surface area contributed by atoms with E-state index >= 15 is 0 Å². The number of amides is 2. The molecule has 1 aromatic carbocycles. The molecule has 5 nitrogen and oxygen atoms in total. The Kier molecular flexibility index (Phi) is 2.99. The van der Waals surface area contributed by atoms with Crippen molar-refractivity contribution >= 4 is 17.5 Å². The molecule has 1 fully saturated rings. The maximum atomic E-state index is 11.8. The van der Waals surface area contributed by atoms with Crippen molar-refractivity contribution in [2.24, 2.45) is 5.92 Å². The first-order valence-corrected chi connectivity index (χ1v) is 5.43. The number of phenols is 1. The molecular formula is C12H14N2O3. The van der Waals surface area contributed by atoms with Crippen LogP contribution in [0.1, 0.15) is 6.42 Å². The van der Waals surface area contributed by atoms with Crippen LogP contribution in [0.4, 0.5) is 5.69 Å². The molecule has 17 heavy (non-hydrogen) atoms. The number of benzene rings is 1. The molecule has 0 spiro atoms. The number of nitrogens with zero attached hydrogens (tertiary/aromatic N) is 1. The van der Waals surface area contributed by atoms with Crippen LogP contribution in [0.5, 0.6) is 5.75 Å². The second-order valence-electron chi connectivity index (χ2n) is 4.04. The number of carbonyl (C=O) groups is 2. The van der Waals surface area contributed by atoms with Gasteiger partial charge in [0.15, 0.2) is 0 Å². The van der Waals surface area contributed by atoms with Gasteiger partial charge in [-0.2, -0.15) is 0 Å². The van der Waals surface area contributed by atoms with E-state index in [0.717, 1.165) is 0 Å². The molecule has 1 aromatic rings. The van der Waals surface area contributed by atoms with Crippen LogP contribution in [0.3, 0.4) is 0 Å². The molecule has 1 atom stereocenters. The Labute approximate surface area is 99.0 Å². The highest BCUT2D eigenvalue weighted by molar-refractivity contribution is 6.00. The first-order chi connectivity index (χ1) is 8.11. The SMILES string of the molecule is CNC(=O)[C@@H]1CC(=O)N(c2ccc(O)cc2)C1. The van der Waals surface area contributed by atoms with E-state index in [4.69, 9.17) is 0 Å². The number of hydrogen-bond donors (Lipinski definition) is 2. The van der Waals surface area contributed by atoms with Crippen molar-refractivity contribution in [3.63, 3.8) is 0 Å². The number of phenolic OH excluding ortho intramolecular Hbond substituents is 1. The zero-order chi connectivity index (χ0) is 12.4. The van der Waals surface area contributed by atoms with E-state index < -0.39 is 0 Å². The number of rotatable bonds is 2. The predicted octanol–water partition coefficient (Wildman–Crippen LogP) is 0.491. The minimum atomic E-state index is -0.290. The van der Waals surface area contributed by atoms with Crippen molar-refractivity contribution in [3.05, 3.63) is 24.3 Å². The molecule has 2 rings (SSSR count). The van der Waals surface area contributed by atoms with Crippen LogP contribution in [0, 0.1) is 5.92 Å². The van der Waals surface area contributed by atoms with Gasteiger partial charge in [-0.15, -0.1) is 0 Å². The summed E-state index contributed by atoms with van der Waals surface area (Å²) in [5.74, 6) is -0.312. The van der Waals surface area contributed by atoms with Crippen LogP contribution in [0.2, 0.25) is 0 Å². The lowest BCUT2D eigenvalue weighted by Crippen LogP contribution is -2.30. The molecule has 0 radical (unpaired) electrons. The van der Waals surface area contributed by atoms with Crippen LogP contribution in [-0.2, 0) is 9.59 Å². The number of nitrogens with one attached hydrogen (secondary N) is 1. The van der Waals surface area contributed by atoms with Crippen molar-refractivity contribution < 1.29 is 14.7 Å². The topological polar surface area (TPSA) is 69.6 Å². The van der Waals surface area contributed by atoms with Gasteiger partial charge in [-0.3, -0.25) is 9.59 Å². The Morgan fingerprint density at radius 3 is 2.65 bits per heavy atom. The van der Waals surface area contributed by atoms with Crippen LogP contribution >= 0.6 is 0 Å². The molecule has 90 valence electrons. The molecule has 0 bridgehead atoms. The van der Waals surface area contributed by atoms with Gasteiger partial charge in [0.05, 0.1) is 5.92 Å². The summed E-state index contributed by atoms with van der Waals surface area (Å²) < 4.78 is 0. The Bertz CT molecular complexity index is 442. The quantitative estimate of drug-likeness (QED) is 0.782. The number of hydrogen-bond acceptors (Lipinski definition) is 3. The zero-order valence-corrected chi connectivity index (χ0v) is 9.51. The van der Waals surface area contributed by atoms with Gasteiger partial charge in [0.25, 0.3) is 0 Å².